The van der Waals surface area contributed by atoms with E-state index < -0.39 is 17.9 Å². The maximum atomic E-state index is 11.2. The molecule has 1 aromatic rings. The van der Waals surface area contributed by atoms with Gasteiger partial charge in [0.2, 0.25) is 5.91 Å². The molecule has 0 aliphatic rings. The highest BCUT2D eigenvalue weighted by molar-refractivity contribution is 6.33. The van der Waals surface area contributed by atoms with Gasteiger partial charge < -0.3 is 15.8 Å². The van der Waals surface area contributed by atoms with E-state index in [0.717, 1.165) is 0 Å². The summed E-state index contributed by atoms with van der Waals surface area (Å²) in [6.07, 6.45) is 0. The van der Waals surface area contributed by atoms with Crippen molar-refractivity contribution in [1.29, 1.82) is 0 Å². The number of hydrogen-bond acceptors (Lipinski definition) is 4. The molecule has 17 heavy (non-hydrogen) atoms. The average molecular weight is 257 g/mol. The van der Waals surface area contributed by atoms with E-state index in [1.165, 1.54) is 19.2 Å². The quantitative estimate of drug-likeness (QED) is 0.798. The summed E-state index contributed by atoms with van der Waals surface area (Å²) in [6.45, 7) is 1.64. The number of hydrogen-bond donors (Lipinski definition) is 2. The van der Waals surface area contributed by atoms with Crippen LogP contribution in [0.15, 0.2) is 18.2 Å². The Bertz CT molecular complexity index is 448. The number of halogens is 1. The van der Waals surface area contributed by atoms with Gasteiger partial charge in [-0.2, -0.15) is 0 Å². The van der Waals surface area contributed by atoms with Crippen LogP contribution in [0.3, 0.4) is 0 Å². The molecule has 0 saturated carbocycles. The number of nitrogens with two attached hydrogens (primary N) is 1. The highest BCUT2D eigenvalue weighted by Gasteiger charge is 2.14. The molecular formula is C11H13ClN2O3. The number of nitrogens with one attached hydrogen (secondary N) is 1. The van der Waals surface area contributed by atoms with E-state index in [0.29, 0.717) is 5.69 Å². The summed E-state index contributed by atoms with van der Waals surface area (Å²) in [6, 6.07) is 4.15. The third-order valence-electron chi connectivity index (χ3n) is 2.17. The third kappa shape index (κ3) is 3.35. The summed E-state index contributed by atoms with van der Waals surface area (Å²) in [5, 5.41) is 3.15. The molecule has 1 aromatic carbocycles. The van der Waals surface area contributed by atoms with Gasteiger partial charge in [-0.25, -0.2) is 4.79 Å². The van der Waals surface area contributed by atoms with Gasteiger partial charge in [-0.1, -0.05) is 11.6 Å². The Balaban J connectivity index is 2.90. The van der Waals surface area contributed by atoms with Gasteiger partial charge in [-0.3, -0.25) is 4.79 Å². The summed E-state index contributed by atoms with van der Waals surface area (Å²) in [4.78, 5) is 22.3. The van der Waals surface area contributed by atoms with Gasteiger partial charge >= 0.3 is 5.97 Å². The smallest absolute Gasteiger partial charge is 0.327 e. The molecule has 1 unspecified atom stereocenters. The first-order valence-corrected chi connectivity index (χ1v) is 5.27. The van der Waals surface area contributed by atoms with Crippen molar-refractivity contribution in [2.45, 2.75) is 13.0 Å². The highest BCUT2D eigenvalue weighted by atomic mass is 35.5. The lowest BCUT2D eigenvalue weighted by molar-refractivity contribution is -0.141. The van der Waals surface area contributed by atoms with Gasteiger partial charge in [-0.15, -0.1) is 0 Å². The van der Waals surface area contributed by atoms with Crippen molar-refractivity contribution in [1.82, 2.24) is 0 Å². The molecule has 0 fully saturated rings. The minimum Gasteiger partial charge on any atom is -0.467 e. The molecular weight excluding hydrogens is 244 g/mol. The van der Waals surface area contributed by atoms with E-state index in [1.54, 1.807) is 13.0 Å². The van der Waals surface area contributed by atoms with Crippen LogP contribution in [0.2, 0.25) is 5.02 Å². The fourth-order valence-corrected chi connectivity index (χ4v) is 1.50. The molecule has 0 saturated heterocycles. The first kappa shape index (κ1) is 13.3. The van der Waals surface area contributed by atoms with Crippen LogP contribution in [0, 0.1) is 0 Å². The number of esters is 1. The van der Waals surface area contributed by atoms with Crippen LogP contribution in [0.5, 0.6) is 0 Å². The summed E-state index contributed by atoms with van der Waals surface area (Å²) >= 11 is 5.80. The van der Waals surface area contributed by atoms with Crippen molar-refractivity contribution in [3.8, 4) is 0 Å². The van der Waals surface area contributed by atoms with Crippen LogP contribution in [-0.2, 0) is 9.53 Å². The maximum Gasteiger partial charge on any atom is 0.327 e. The highest BCUT2D eigenvalue weighted by Crippen LogP contribution is 2.20. The third-order valence-corrected chi connectivity index (χ3v) is 2.50. The molecule has 0 radical (unpaired) electrons. The lowest BCUT2D eigenvalue weighted by atomic mass is 10.2. The molecule has 0 bridgehead atoms. The number of carbonyl (C=O) groups is 2. The number of methoxy groups -OCH3 is 1. The van der Waals surface area contributed by atoms with Crippen molar-refractivity contribution in [3.63, 3.8) is 0 Å². The van der Waals surface area contributed by atoms with Crippen molar-refractivity contribution in [3.05, 3.63) is 28.8 Å². The molecule has 0 heterocycles. The van der Waals surface area contributed by atoms with Gasteiger partial charge in [-0.05, 0) is 25.1 Å². The maximum absolute atomic E-state index is 11.2. The van der Waals surface area contributed by atoms with Crippen LogP contribution in [-0.4, -0.2) is 25.0 Å². The van der Waals surface area contributed by atoms with Gasteiger partial charge in [0.05, 0.1) is 17.7 Å². The molecule has 5 nitrogen and oxygen atoms in total. The molecule has 1 amide bonds. The van der Waals surface area contributed by atoms with Crippen molar-refractivity contribution in [2.24, 2.45) is 5.73 Å². The van der Waals surface area contributed by atoms with Gasteiger partial charge in [0.25, 0.3) is 0 Å². The topological polar surface area (TPSA) is 81.4 Å². The van der Waals surface area contributed by atoms with Crippen molar-refractivity contribution < 1.29 is 14.3 Å². The fourth-order valence-electron chi connectivity index (χ4n) is 1.29. The minimum absolute atomic E-state index is 0.203. The Morgan fingerprint density at radius 1 is 1.47 bits per heavy atom. The zero-order valence-corrected chi connectivity index (χ0v) is 10.2. The number of benzene rings is 1. The molecule has 0 aliphatic heterocycles. The fraction of sp³-hybridized carbons (Fsp3) is 0.273. The lowest BCUT2D eigenvalue weighted by Crippen LogP contribution is -2.27. The van der Waals surface area contributed by atoms with Crippen LogP contribution < -0.4 is 11.1 Å². The molecule has 0 aromatic heterocycles. The molecule has 92 valence electrons. The Hall–Kier alpha value is -1.75. The normalized spacial score (nSPS) is 11.7. The van der Waals surface area contributed by atoms with Crippen molar-refractivity contribution >= 4 is 29.2 Å². The van der Waals surface area contributed by atoms with Gasteiger partial charge in [0, 0.05) is 5.69 Å². The number of ether oxygens (including phenoxy) is 1. The van der Waals surface area contributed by atoms with E-state index in [4.69, 9.17) is 17.3 Å². The second-order valence-electron chi connectivity index (χ2n) is 3.45. The van der Waals surface area contributed by atoms with Crippen LogP contribution in [0.4, 0.5) is 5.69 Å². The Labute approximate surface area is 104 Å². The zero-order chi connectivity index (χ0) is 13.0. The molecule has 1 atom stereocenters. The predicted molar refractivity (Wildman–Crippen MR) is 65.1 cm³/mol. The van der Waals surface area contributed by atoms with E-state index >= 15 is 0 Å². The van der Waals surface area contributed by atoms with E-state index in [9.17, 15) is 9.59 Å². The van der Waals surface area contributed by atoms with Crippen LogP contribution >= 0.6 is 11.6 Å². The van der Waals surface area contributed by atoms with E-state index in [-0.39, 0.29) is 10.6 Å². The SMILES string of the molecule is COC(=O)C(C)Nc1ccc(Cl)c(C(N)=O)c1. The largest absolute Gasteiger partial charge is 0.467 e. The molecule has 0 aliphatic carbocycles. The standard InChI is InChI=1S/C11H13ClN2O3/c1-6(11(16)17-2)14-7-3-4-9(12)8(5-7)10(13)15/h3-6,14H,1-2H3,(H2,13,15). The minimum atomic E-state index is -0.621. The first-order valence-electron chi connectivity index (χ1n) is 4.89. The number of carbonyl (C=O) groups excluding carboxylic acids is 2. The van der Waals surface area contributed by atoms with Crippen LogP contribution in [0.25, 0.3) is 0 Å². The summed E-state index contributed by atoms with van der Waals surface area (Å²) < 4.78 is 4.57. The number of amides is 1. The first-order chi connectivity index (χ1) is 7.95. The molecule has 6 heteroatoms. The second kappa shape index (κ2) is 5.54. The zero-order valence-electron chi connectivity index (χ0n) is 9.49. The second-order valence-corrected chi connectivity index (χ2v) is 3.86. The molecule has 1 rings (SSSR count). The van der Waals surface area contributed by atoms with E-state index in [2.05, 4.69) is 10.1 Å². The summed E-state index contributed by atoms with van der Waals surface area (Å²) in [5.41, 5.74) is 5.93. The number of rotatable bonds is 4. The van der Waals surface area contributed by atoms with Crippen molar-refractivity contribution in [2.75, 3.05) is 12.4 Å². The number of primary amides is 1. The Morgan fingerprint density at radius 3 is 2.65 bits per heavy atom. The van der Waals surface area contributed by atoms with Gasteiger partial charge in [0.1, 0.15) is 6.04 Å². The lowest BCUT2D eigenvalue weighted by Gasteiger charge is -2.13. The van der Waals surface area contributed by atoms with Crippen LogP contribution in [0.1, 0.15) is 17.3 Å². The number of anilines is 1. The summed E-state index contributed by atoms with van der Waals surface area (Å²) in [5.74, 6) is -1.02. The Kier molecular flexibility index (Phi) is 4.34. The van der Waals surface area contributed by atoms with Gasteiger partial charge in [0.15, 0.2) is 0 Å². The Morgan fingerprint density at radius 2 is 2.12 bits per heavy atom. The summed E-state index contributed by atoms with van der Waals surface area (Å²) in [7, 11) is 1.30. The average Bonchev–Trinajstić information content (AvgIpc) is 2.30. The predicted octanol–water partition coefficient (Wildman–Crippen LogP) is 1.41. The molecule has 0 spiro atoms. The molecule has 3 N–H and O–H groups in total. The monoisotopic (exact) mass is 256 g/mol. The van der Waals surface area contributed by atoms with E-state index in [1.807, 2.05) is 0 Å².